The number of nitrogens with zero attached hydrogens (tertiary/aromatic N) is 3. The van der Waals surface area contributed by atoms with Gasteiger partial charge in [0, 0.05) is 25.2 Å². The van der Waals surface area contributed by atoms with Crippen LogP contribution in [0.25, 0.3) is 10.4 Å². The lowest BCUT2D eigenvalue weighted by Gasteiger charge is -2.31. The number of urea groups is 1. The number of hydrogen-bond acceptors (Lipinski definition) is 5. The van der Waals surface area contributed by atoms with E-state index in [1.54, 1.807) is 17.9 Å². The van der Waals surface area contributed by atoms with Gasteiger partial charge >= 0.3 is 12.2 Å². The Labute approximate surface area is 194 Å². The molecule has 33 heavy (non-hydrogen) atoms. The van der Waals surface area contributed by atoms with Gasteiger partial charge in [-0.15, -0.1) is 0 Å². The highest BCUT2D eigenvalue weighted by Crippen LogP contribution is 2.42. The van der Waals surface area contributed by atoms with Crippen molar-refractivity contribution in [3.05, 3.63) is 29.7 Å². The van der Waals surface area contributed by atoms with Crippen LogP contribution < -0.4 is 11.1 Å². The van der Waals surface area contributed by atoms with Gasteiger partial charge in [0.25, 0.3) is 0 Å². The van der Waals surface area contributed by atoms with Crippen molar-refractivity contribution in [2.45, 2.75) is 65.1 Å². The third kappa shape index (κ3) is 4.97. The molecule has 0 aliphatic carbocycles. The summed E-state index contributed by atoms with van der Waals surface area (Å²) in [5.74, 6) is -0.476. The van der Waals surface area contributed by atoms with Crippen LogP contribution in [-0.2, 0) is 10.2 Å². The Morgan fingerprint density at radius 1 is 1.33 bits per heavy atom. The molecule has 1 unspecified atom stereocenters. The lowest BCUT2D eigenvalue weighted by Crippen LogP contribution is -2.45. The van der Waals surface area contributed by atoms with Crippen LogP contribution in [0.2, 0.25) is 0 Å². The molecular formula is C22H28F3N5O2S. The summed E-state index contributed by atoms with van der Waals surface area (Å²) < 4.78 is 40.4. The minimum Gasteiger partial charge on any atom is -0.370 e. The second-order valence-corrected chi connectivity index (χ2v) is 10.5. The zero-order valence-corrected chi connectivity index (χ0v) is 20.0. The fraction of sp³-hybridized carbons (Fsp3) is 0.545. The second-order valence-electron chi connectivity index (χ2n) is 9.53. The van der Waals surface area contributed by atoms with Crippen molar-refractivity contribution in [2.24, 2.45) is 11.1 Å². The predicted octanol–water partition coefficient (Wildman–Crippen LogP) is 4.86. The first kappa shape index (κ1) is 24.9. The van der Waals surface area contributed by atoms with Gasteiger partial charge < -0.3 is 10.6 Å². The number of rotatable bonds is 5. The van der Waals surface area contributed by atoms with Gasteiger partial charge in [-0.3, -0.25) is 15.1 Å². The van der Waals surface area contributed by atoms with Crippen molar-refractivity contribution in [3.63, 3.8) is 0 Å². The van der Waals surface area contributed by atoms with Gasteiger partial charge in [-0.25, -0.2) is 9.78 Å². The van der Waals surface area contributed by atoms with Gasteiger partial charge in [0.1, 0.15) is 5.41 Å². The van der Waals surface area contributed by atoms with Gasteiger partial charge in [0.2, 0.25) is 5.91 Å². The number of halogens is 3. The lowest BCUT2D eigenvalue weighted by atomic mass is 9.83. The average molecular weight is 484 g/mol. The molecule has 0 spiro atoms. The van der Waals surface area contributed by atoms with Gasteiger partial charge in [-0.05, 0) is 50.3 Å². The first-order valence-corrected chi connectivity index (χ1v) is 11.3. The molecule has 0 radical (unpaired) electrons. The molecule has 11 heteroatoms. The molecule has 1 atom stereocenters. The van der Waals surface area contributed by atoms with Crippen molar-refractivity contribution in [3.8, 4) is 10.4 Å². The summed E-state index contributed by atoms with van der Waals surface area (Å²) >= 11 is 1.17. The van der Waals surface area contributed by atoms with Crippen LogP contribution in [0.1, 0.15) is 51.9 Å². The van der Waals surface area contributed by atoms with Crippen LogP contribution in [0.4, 0.5) is 23.1 Å². The van der Waals surface area contributed by atoms with E-state index in [0.717, 1.165) is 20.3 Å². The number of pyridine rings is 1. The number of anilines is 1. The number of aromatic nitrogens is 2. The zero-order chi connectivity index (χ0) is 24.8. The number of nitrogens with two attached hydrogens (primary N) is 1. The topological polar surface area (TPSA) is 101 Å². The normalized spacial score (nSPS) is 18.4. The fourth-order valence-electron chi connectivity index (χ4n) is 3.91. The van der Waals surface area contributed by atoms with Gasteiger partial charge in [-0.2, -0.15) is 13.2 Å². The molecule has 3 heterocycles. The summed E-state index contributed by atoms with van der Waals surface area (Å²) in [6.07, 6.45) is -2.31. The van der Waals surface area contributed by atoms with Crippen LogP contribution >= 0.6 is 11.3 Å². The van der Waals surface area contributed by atoms with E-state index < -0.39 is 17.5 Å². The molecule has 0 saturated carbocycles. The zero-order valence-electron chi connectivity index (χ0n) is 19.2. The number of aryl methyl sites for hydroxylation is 1. The van der Waals surface area contributed by atoms with Gasteiger partial charge in [0.05, 0.1) is 16.3 Å². The number of thiazole rings is 1. The lowest BCUT2D eigenvalue weighted by molar-refractivity contribution is -0.181. The Hall–Kier alpha value is -2.69. The summed E-state index contributed by atoms with van der Waals surface area (Å²) in [4.78, 5) is 35.0. The summed E-state index contributed by atoms with van der Waals surface area (Å²) in [6.45, 7) is 8.36. The van der Waals surface area contributed by atoms with E-state index in [-0.39, 0.29) is 29.6 Å². The molecule has 3 N–H and O–H groups in total. The minimum atomic E-state index is -4.45. The van der Waals surface area contributed by atoms with E-state index in [0.29, 0.717) is 27.8 Å². The minimum absolute atomic E-state index is 0.0668. The summed E-state index contributed by atoms with van der Waals surface area (Å²) in [5.41, 5.74) is 4.04. The molecular weight excluding hydrogens is 455 g/mol. The third-order valence-electron chi connectivity index (χ3n) is 6.31. The molecule has 3 rings (SSSR count). The summed E-state index contributed by atoms with van der Waals surface area (Å²) in [7, 11) is 0. The monoisotopic (exact) mass is 483 g/mol. The Morgan fingerprint density at radius 3 is 2.61 bits per heavy atom. The molecule has 2 aromatic rings. The van der Waals surface area contributed by atoms with Gasteiger partial charge in [-0.1, -0.05) is 25.2 Å². The number of amides is 3. The number of likely N-dealkylation sites (tertiary alicyclic amines) is 1. The SMILES string of the molecule is Cc1nc(NC(=O)N2CCC(C)(C)C2CC(N)=O)sc1-c1ccnc(C(C)(C)C(F)(F)F)c1. The highest BCUT2D eigenvalue weighted by Gasteiger charge is 2.49. The quantitative estimate of drug-likeness (QED) is 0.634. The fourth-order valence-corrected chi connectivity index (χ4v) is 4.87. The number of primary amides is 1. The first-order chi connectivity index (χ1) is 15.1. The van der Waals surface area contributed by atoms with Crippen molar-refractivity contribution < 1.29 is 22.8 Å². The molecule has 1 aliphatic heterocycles. The maximum atomic E-state index is 13.5. The van der Waals surface area contributed by atoms with Crippen molar-refractivity contribution in [2.75, 3.05) is 11.9 Å². The molecule has 1 aliphatic rings. The van der Waals surface area contributed by atoms with Crippen LogP contribution in [0, 0.1) is 12.3 Å². The van der Waals surface area contributed by atoms with Crippen LogP contribution in [0.3, 0.4) is 0 Å². The Kier molecular flexibility index (Phi) is 6.49. The van der Waals surface area contributed by atoms with E-state index in [1.165, 1.54) is 23.6 Å². The highest BCUT2D eigenvalue weighted by molar-refractivity contribution is 7.19. The van der Waals surface area contributed by atoms with Gasteiger partial charge in [0.15, 0.2) is 5.13 Å². The van der Waals surface area contributed by atoms with Crippen molar-refractivity contribution in [1.82, 2.24) is 14.9 Å². The highest BCUT2D eigenvalue weighted by atomic mass is 32.1. The molecule has 7 nitrogen and oxygen atoms in total. The molecule has 0 bridgehead atoms. The number of nitrogens with one attached hydrogen (secondary N) is 1. The van der Waals surface area contributed by atoms with Crippen molar-refractivity contribution in [1.29, 1.82) is 0 Å². The number of carbonyl (C=O) groups is 2. The molecule has 1 fully saturated rings. The number of alkyl halides is 3. The average Bonchev–Trinajstić information content (AvgIpc) is 3.19. The number of hydrogen-bond donors (Lipinski definition) is 2. The van der Waals surface area contributed by atoms with E-state index in [9.17, 15) is 22.8 Å². The third-order valence-corrected chi connectivity index (χ3v) is 7.43. The second kappa shape index (κ2) is 8.58. The molecule has 1 saturated heterocycles. The Morgan fingerprint density at radius 2 is 2.00 bits per heavy atom. The van der Waals surface area contributed by atoms with E-state index in [1.807, 2.05) is 13.8 Å². The van der Waals surface area contributed by atoms with E-state index >= 15 is 0 Å². The van der Waals surface area contributed by atoms with Crippen LogP contribution in [-0.4, -0.2) is 45.6 Å². The first-order valence-electron chi connectivity index (χ1n) is 10.5. The largest absolute Gasteiger partial charge is 0.399 e. The molecule has 0 aromatic carbocycles. The van der Waals surface area contributed by atoms with E-state index in [2.05, 4.69) is 15.3 Å². The standard InChI is InChI=1S/C22H28F3N5O2S/c1-12-17(13-6-8-27-14(10-13)21(4,5)22(23,24)25)33-18(28-12)29-19(32)30-9-7-20(2,3)15(30)11-16(26)31/h6,8,10,15H,7,9,11H2,1-5H3,(H2,26,31)(H,28,29,32). The van der Waals surface area contributed by atoms with Crippen LogP contribution in [0.15, 0.2) is 18.3 Å². The number of carbonyl (C=O) groups excluding carboxylic acids is 2. The van der Waals surface area contributed by atoms with E-state index in [4.69, 9.17) is 5.73 Å². The summed E-state index contributed by atoms with van der Waals surface area (Å²) in [6, 6.07) is 2.31. The smallest absolute Gasteiger partial charge is 0.370 e. The molecule has 3 amide bonds. The maximum absolute atomic E-state index is 13.5. The molecule has 180 valence electrons. The molecule has 2 aromatic heterocycles. The van der Waals surface area contributed by atoms with Crippen LogP contribution in [0.5, 0.6) is 0 Å². The Balaban J connectivity index is 1.84. The van der Waals surface area contributed by atoms with Crippen molar-refractivity contribution >= 4 is 28.4 Å². The predicted molar refractivity (Wildman–Crippen MR) is 121 cm³/mol. The Bertz CT molecular complexity index is 1060. The maximum Gasteiger partial charge on any atom is 0.399 e. The summed E-state index contributed by atoms with van der Waals surface area (Å²) in [5, 5.41) is 3.09.